The second-order valence-electron chi connectivity index (χ2n) is 7.57. The topological polar surface area (TPSA) is 74.6 Å². The highest BCUT2D eigenvalue weighted by molar-refractivity contribution is 7.89. The minimum Gasteiger partial charge on any atom is -0.349 e. The molecule has 1 N–H and O–H groups in total. The van der Waals surface area contributed by atoms with Crippen LogP contribution in [-0.2, 0) is 21.4 Å². The van der Waals surface area contributed by atoms with E-state index in [0.717, 1.165) is 25.9 Å². The molecule has 0 radical (unpaired) electrons. The number of nitrogens with one attached hydrogen (secondary N) is 1. The lowest BCUT2D eigenvalue weighted by Gasteiger charge is -2.34. The van der Waals surface area contributed by atoms with Crippen LogP contribution in [0.15, 0.2) is 41.4 Å². The Morgan fingerprint density at radius 2 is 1.93 bits per heavy atom. The minimum absolute atomic E-state index is 0.127. The second-order valence-corrected chi connectivity index (χ2v) is 9.92. The number of amides is 1. The molecule has 7 nitrogen and oxygen atoms in total. The lowest BCUT2D eigenvalue weighted by Crippen LogP contribution is -2.41. The monoisotopic (exact) mass is 436 g/mol. The molecule has 3 heterocycles. The van der Waals surface area contributed by atoms with Crippen LogP contribution in [0.5, 0.6) is 0 Å². The number of nitrogens with zero attached hydrogens (tertiary/aromatic N) is 3. The normalized spacial score (nSPS) is 20.6. The third-order valence-electron chi connectivity index (χ3n) is 5.73. The zero-order valence-corrected chi connectivity index (χ0v) is 17.9. The second kappa shape index (κ2) is 8.10. The van der Waals surface area contributed by atoms with E-state index in [9.17, 15) is 13.2 Å². The van der Waals surface area contributed by atoms with E-state index in [2.05, 4.69) is 34.0 Å². The Kier molecular flexibility index (Phi) is 5.70. The van der Waals surface area contributed by atoms with Gasteiger partial charge in [-0.05, 0) is 50.1 Å². The minimum atomic E-state index is -3.57. The molecule has 2 aliphatic heterocycles. The van der Waals surface area contributed by atoms with Crippen molar-refractivity contribution in [2.45, 2.75) is 37.2 Å². The lowest BCUT2D eigenvalue weighted by molar-refractivity contribution is -0.118. The summed E-state index contributed by atoms with van der Waals surface area (Å²) in [4.78, 5) is 14.9. The van der Waals surface area contributed by atoms with Gasteiger partial charge in [-0.15, -0.1) is 0 Å². The Bertz CT molecular complexity index is 1010. The van der Waals surface area contributed by atoms with Crippen LogP contribution < -0.4 is 5.32 Å². The van der Waals surface area contributed by atoms with E-state index in [1.165, 1.54) is 28.2 Å². The Hall–Kier alpha value is -1.87. The molecule has 156 valence electrons. The molecular weight excluding hydrogens is 412 g/mol. The number of aromatic nitrogens is 1. The third kappa shape index (κ3) is 4.07. The summed E-state index contributed by atoms with van der Waals surface area (Å²) >= 11 is 6.23. The van der Waals surface area contributed by atoms with Gasteiger partial charge in [-0.2, -0.15) is 4.31 Å². The van der Waals surface area contributed by atoms with Gasteiger partial charge in [-0.1, -0.05) is 11.6 Å². The number of benzene rings is 1. The average Bonchev–Trinajstić information content (AvgIpc) is 3.38. The highest BCUT2D eigenvalue weighted by atomic mass is 35.5. The number of carbonyl (C=O) groups is 1. The summed E-state index contributed by atoms with van der Waals surface area (Å²) < 4.78 is 29.3. The van der Waals surface area contributed by atoms with E-state index < -0.39 is 10.0 Å². The molecule has 1 aromatic carbocycles. The van der Waals surface area contributed by atoms with Crippen LogP contribution >= 0.6 is 11.6 Å². The van der Waals surface area contributed by atoms with E-state index in [4.69, 9.17) is 11.6 Å². The van der Waals surface area contributed by atoms with Crippen molar-refractivity contribution in [2.75, 3.05) is 31.5 Å². The molecule has 0 unspecified atom stereocenters. The van der Waals surface area contributed by atoms with Crippen LogP contribution in [0.1, 0.15) is 31.5 Å². The molecule has 29 heavy (non-hydrogen) atoms. The first-order valence-corrected chi connectivity index (χ1v) is 11.7. The molecule has 1 atom stereocenters. The number of fused-ring (bicyclic) bond motifs is 1. The predicted molar refractivity (Wildman–Crippen MR) is 112 cm³/mol. The van der Waals surface area contributed by atoms with Crippen molar-refractivity contribution in [1.82, 2.24) is 13.8 Å². The van der Waals surface area contributed by atoms with Gasteiger partial charge < -0.3 is 9.88 Å². The molecule has 1 amide bonds. The van der Waals surface area contributed by atoms with Crippen molar-refractivity contribution in [3.8, 4) is 0 Å². The maximum absolute atomic E-state index is 12.8. The number of carbonyl (C=O) groups excluding carboxylic acids is 1. The third-order valence-corrected chi connectivity index (χ3v) is 7.95. The first kappa shape index (κ1) is 20.4. The summed E-state index contributed by atoms with van der Waals surface area (Å²) in [7, 11) is -3.57. The van der Waals surface area contributed by atoms with Crippen LogP contribution in [0, 0.1) is 0 Å². The molecule has 0 spiro atoms. The van der Waals surface area contributed by atoms with Crippen molar-refractivity contribution >= 4 is 33.2 Å². The van der Waals surface area contributed by atoms with E-state index in [0.29, 0.717) is 23.8 Å². The zero-order valence-electron chi connectivity index (χ0n) is 16.3. The van der Waals surface area contributed by atoms with Crippen molar-refractivity contribution < 1.29 is 13.2 Å². The number of sulfonamides is 1. The first-order valence-electron chi connectivity index (χ1n) is 9.85. The summed E-state index contributed by atoms with van der Waals surface area (Å²) in [6.07, 6.45) is 3.79. The van der Waals surface area contributed by atoms with Crippen LogP contribution in [0.2, 0.25) is 5.02 Å². The molecule has 1 saturated heterocycles. The quantitative estimate of drug-likeness (QED) is 0.781. The highest BCUT2D eigenvalue weighted by Gasteiger charge is 2.28. The number of hydrogen-bond acceptors (Lipinski definition) is 4. The summed E-state index contributed by atoms with van der Waals surface area (Å²) in [6, 6.07) is 8.68. The van der Waals surface area contributed by atoms with Crippen molar-refractivity contribution in [3.05, 3.63) is 47.2 Å². The fraction of sp³-hybridized carbons (Fsp3) is 0.450. The molecule has 2 aliphatic rings. The maximum atomic E-state index is 12.8. The summed E-state index contributed by atoms with van der Waals surface area (Å²) in [5.41, 5.74) is 1.51. The largest absolute Gasteiger partial charge is 0.349 e. The van der Waals surface area contributed by atoms with Gasteiger partial charge in [0.15, 0.2) is 0 Å². The SMILES string of the molecule is C[C@@H]1c2cccn2CCN1CC(=O)Nc1cc(S(=O)(=O)N2CCCC2)ccc1Cl. The van der Waals surface area contributed by atoms with Crippen LogP contribution in [0.25, 0.3) is 0 Å². The van der Waals surface area contributed by atoms with Gasteiger partial charge in [0.05, 0.1) is 22.2 Å². The number of hydrogen-bond donors (Lipinski definition) is 1. The predicted octanol–water partition coefficient (Wildman–Crippen LogP) is 2.94. The summed E-state index contributed by atoms with van der Waals surface area (Å²) in [5.74, 6) is -0.213. The Morgan fingerprint density at radius 3 is 2.69 bits per heavy atom. The molecule has 4 rings (SSSR count). The highest BCUT2D eigenvalue weighted by Crippen LogP contribution is 2.29. The molecule has 0 saturated carbocycles. The number of halogens is 1. The van der Waals surface area contributed by atoms with Crippen LogP contribution in [-0.4, -0.2) is 54.3 Å². The van der Waals surface area contributed by atoms with E-state index in [1.54, 1.807) is 0 Å². The van der Waals surface area contributed by atoms with Crippen molar-refractivity contribution in [3.63, 3.8) is 0 Å². The van der Waals surface area contributed by atoms with E-state index in [-0.39, 0.29) is 23.4 Å². The van der Waals surface area contributed by atoms with E-state index >= 15 is 0 Å². The smallest absolute Gasteiger partial charge is 0.243 e. The first-order chi connectivity index (χ1) is 13.9. The maximum Gasteiger partial charge on any atom is 0.243 e. The Labute approximate surface area is 176 Å². The van der Waals surface area contributed by atoms with Crippen LogP contribution in [0.3, 0.4) is 0 Å². The fourth-order valence-corrected chi connectivity index (χ4v) is 5.76. The fourth-order valence-electron chi connectivity index (χ4n) is 4.06. The van der Waals surface area contributed by atoms with Gasteiger partial charge in [0, 0.05) is 44.1 Å². The standard InChI is InChI=1S/C20H25ClN4O3S/c1-15-19-5-4-8-23(19)11-12-24(15)14-20(26)22-18-13-16(6-7-17(18)21)29(27,28)25-9-2-3-10-25/h4-8,13,15H,2-3,9-12,14H2,1H3,(H,22,26)/t15-/m1/s1. The van der Waals surface area contributed by atoms with Gasteiger partial charge in [0.25, 0.3) is 0 Å². The van der Waals surface area contributed by atoms with Crippen molar-refractivity contribution in [2.24, 2.45) is 0 Å². The molecular formula is C20H25ClN4O3S. The van der Waals surface area contributed by atoms with Gasteiger partial charge in [-0.3, -0.25) is 9.69 Å². The molecule has 2 aromatic rings. The molecule has 1 aromatic heterocycles. The molecule has 1 fully saturated rings. The Balaban J connectivity index is 1.47. The molecule has 0 bridgehead atoms. The van der Waals surface area contributed by atoms with Gasteiger partial charge in [0.1, 0.15) is 0 Å². The summed E-state index contributed by atoms with van der Waals surface area (Å²) in [5, 5.41) is 3.12. The average molecular weight is 437 g/mol. The Morgan fingerprint density at radius 1 is 1.17 bits per heavy atom. The molecule has 9 heteroatoms. The van der Waals surface area contributed by atoms with Gasteiger partial charge >= 0.3 is 0 Å². The number of rotatable bonds is 5. The molecule has 0 aliphatic carbocycles. The lowest BCUT2D eigenvalue weighted by atomic mass is 10.1. The zero-order chi connectivity index (χ0) is 20.6. The summed E-state index contributed by atoms with van der Waals surface area (Å²) in [6.45, 7) is 4.96. The van der Waals surface area contributed by atoms with Gasteiger partial charge in [0.2, 0.25) is 15.9 Å². The van der Waals surface area contributed by atoms with Gasteiger partial charge in [-0.25, -0.2) is 8.42 Å². The van der Waals surface area contributed by atoms with Crippen LogP contribution in [0.4, 0.5) is 5.69 Å². The van der Waals surface area contributed by atoms with E-state index in [1.807, 2.05) is 6.07 Å². The number of anilines is 1. The van der Waals surface area contributed by atoms with Crippen molar-refractivity contribution in [1.29, 1.82) is 0 Å².